The quantitative estimate of drug-likeness (QED) is 0.234. The molecule has 52 valence electrons. The second-order valence-electron chi connectivity index (χ2n) is 0.718. The third kappa shape index (κ3) is 48.2. The van der Waals surface area contributed by atoms with Gasteiger partial charge in [0.1, 0.15) is 0 Å². The minimum Gasteiger partial charge on any atom is -1.00 e. The van der Waals surface area contributed by atoms with Crippen molar-refractivity contribution in [2.24, 2.45) is 0 Å². The van der Waals surface area contributed by atoms with Gasteiger partial charge in [0.05, 0.1) is 0 Å². The SMILES string of the molecule is [CH-]=C/C=C/C.[Cl-].[Cl-].[Cl-].[Ti+4]. The maximum absolute atomic E-state index is 4.93. The predicted octanol–water partition coefficient (Wildman–Crippen LogP) is -7.44. The van der Waals surface area contributed by atoms with Crippen molar-refractivity contribution in [2.75, 3.05) is 0 Å². The zero-order chi connectivity index (χ0) is 4.12. The molecular weight excluding hydrogens is 214 g/mol. The molecule has 4 heteroatoms. The van der Waals surface area contributed by atoms with E-state index in [1.165, 1.54) is 6.08 Å². The van der Waals surface area contributed by atoms with Crippen LogP contribution in [0.15, 0.2) is 18.2 Å². The van der Waals surface area contributed by atoms with Crippen LogP contribution in [0, 0.1) is 6.58 Å². The van der Waals surface area contributed by atoms with Crippen LogP contribution in [0.1, 0.15) is 6.92 Å². The molecular formula is C5H7Cl3Ti. The number of allylic oxidation sites excluding steroid dienone is 3. The predicted molar refractivity (Wildman–Crippen MR) is 23.7 cm³/mol. The van der Waals surface area contributed by atoms with Crippen molar-refractivity contribution in [1.29, 1.82) is 0 Å². The maximum Gasteiger partial charge on any atom is 4.00 e. The van der Waals surface area contributed by atoms with Gasteiger partial charge in [0, 0.05) is 0 Å². The molecule has 0 atom stereocenters. The molecule has 0 nitrogen and oxygen atoms in total. The maximum atomic E-state index is 4.93. The summed E-state index contributed by atoms with van der Waals surface area (Å²) >= 11 is 0. The molecule has 0 spiro atoms. The minimum absolute atomic E-state index is 0. The van der Waals surface area contributed by atoms with Crippen molar-refractivity contribution in [1.82, 2.24) is 0 Å². The van der Waals surface area contributed by atoms with Gasteiger partial charge >= 0.3 is 21.7 Å². The molecule has 0 bridgehead atoms. The average molecular weight is 221 g/mol. The van der Waals surface area contributed by atoms with E-state index in [-0.39, 0.29) is 58.9 Å². The van der Waals surface area contributed by atoms with Gasteiger partial charge in [0.25, 0.3) is 0 Å². The van der Waals surface area contributed by atoms with Crippen LogP contribution < -0.4 is 37.2 Å². The zero-order valence-electron chi connectivity index (χ0n) is 4.94. The average Bonchev–Trinajstić information content (AvgIpc) is 1.41. The van der Waals surface area contributed by atoms with E-state index < -0.39 is 0 Å². The van der Waals surface area contributed by atoms with Crippen LogP contribution in [-0.4, -0.2) is 0 Å². The topological polar surface area (TPSA) is 0 Å². The van der Waals surface area contributed by atoms with Crippen molar-refractivity contribution in [3.63, 3.8) is 0 Å². The first-order valence-electron chi connectivity index (χ1n) is 1.58. The number of halogens is 3. The number of rotatable bonds is 1. The Morgan fingerprint density at radius 3 is 1.44 bits per heavy atom. The summed E-state index contributed by atoms with van der Waals surface area (Å²) in [7, 11) is 0. The molecule has 0 aromatic carbocycles. The summed E-state index contributed by atoms with van der Waals surface area (Å²) < 4.78 is 0. The zero-order valence-corrected chi connectivity index (χ0v) is 8.77. The van der Waals surface area contributed by atoms with E-state index in [1.807, 2.05) is 13.0 Å². The molecule has 0 rings (SSSR count). The molecule has 0 amide bonds. The Morgan fingerprint density at radius 1 is 1.11 bits per heavy atom. The second-order valence-corrected chi connectivity index (χ2v) is 0.718. The van der Waals surface area contributed by atoms with Gasteiger partial charge in [-0.3, -0.25) is 6.58 Å². The molecule has 0 aliphatic carbocycles. The van der Waals surface area contributed by atoms with Crippen LogP contribution in [0.25, 0.3) is 0 Å². The van der Waals surface area contributed by atoms with Gasteiger partial charge in [0.15, 0.2) is 0 Å². The van der Waals surface area contributed by atoms with Crippen LogP contribution in [0.5, 0.6) is 0 Å². The first kappa shape index (κ1) is 32.2. The summed E-state index contributed by atoms with van der Waals surface area (Å²) in [6.07, 6.45) is 5.15. The number of hydrogen-bond donors (Lipinski definition) is 0. The molecule has 0 aliphatic rings. The van der Waals surface area contributed by atoms with Gasteiger partial charge in [-0.25, -0.2) is 12.2 Å². The smallest absolute Gasteiger partial charge is 1.00 e. The summed E-state index contributed by atoms with van der Waals surface area (Å²) in [5.74, 6) is 0. The Hall–Kier alpha value is 1.06. The molecule has 0 unspecified atom stereocenters. The Kier molecular flexibility index (Phi) is 128. The fourth-order valence-corrected chi connectivity index (χ4v) is 0.111. The van der Waals surface area contributed by atoms with Crippen LogP contribution in [0.3, 0.4) is 0 Å². The van der Waals surface area contributed by atoms with E-state index in [0.717, 1.165) is 0 Å². The van der Waals surface area contributed by atoms with Gasteiger partial charge in [0.2, 0.25) is 0 Å². The van der Waals surface area contributed by atoms with E-state index in [4.69, 9.17) is 6.58 Å². The first-order chi connectivity index (χ1) is 2.41. The van der Waals surface area contributed by atoms with Gasteiger partial charge in [-0.1, -0.05) is 6.92 Å². The van der Waals surface area contributed by atoms with Crippen molar-refractivity contribution >= 4 is 0 Å². The van der Waals surface area contributed by atoms with Crippen LogP contribution in [0.4, 0.5) is 0 Å². The molecule has 0 radical (unpaired) electrons. The van der Waals surface area contributed by atoms with Crippen molar-refractivity contribution in [2.45, 2.75) is 6.92 Å². The summed E-state index contributed by atoms with van der Waals surface area (Å²) in [6, 6.07) is 0. The fourth-order valence-electron chi connectivity index (χ4n) is 0.111. The summed E-state index contributed by atoms with van der Waals surface area (Å²) in [4.78, 5) is 0. The summed E-state index contributed by atoms with van der Waals surface area (Å²) in [5, 5.41) is 0. The molecule has 0 heterocycles. The fraction of sp³-hybridized carbons (Fsp3) is 0.200. The molecule has 0 N–H and O–H groups in total. The van der Waals surface area contributed by atoms with E-state index in [2.05, 4.69) is 0 Å². The second kappa shape index (κ2) is 35.7. The largest absolute Gasteiger partial charge is 4.00 e. The van der Waals surface area contributed by atoms with Crippen molar-refractivity contribution in [3.8, 4) is 0 Å². The Balaban J connectivity index is -0.0000000133. The normalized spacial score (nSPS) is 5.00. The molecule has 0 aromatic heterocycles. The van der Waals surface area contributed by atoms with Gasteiger partial charge in [-0.05, 0) is 0 Å². The standard InChI is InChI=1S/C5H7.3ClH.Ti/c1-3-5-4-2;;;;/h1,3-5H,2H3;3*1H;/q-1;;;;+4/p-3/b5-4+;;;;. The summed E-state index contributed by atoms with van der Waals surface area (Å²) in [6.45, 7) is 6.85. The van der Waals surface area contributed by atoms with Gasteiger partial charge < -0.3 is 37.2 Å². The van der Waals surface area contributed by atoms with Crippen molar-refractivity contribution in [3.05, 3.63) is 24.8 Å². The molecule has 0 fully saturated rings. The minimum atomic E-state index is 0. The van der Waals surface area contributed by atoms with E-state index in [9.17, 15) is 0 Å². The van der Waals surface area contributed by atoms with Crippen molar-refractivity contribution < 1.29 is 58.9 Å². The molecule has 0 saturated heterocycles. The molecule has 0 aromatic rings. The third-order valence-corrected chi connectivity index (χ3v) is 0.304. The van der Waals surface area contributed by atoms with Crippen LogP contribution in [-0.2, 0) is 21.7 Å². The van der Waals surface area contributed by atoms with Gasteiger partial charge in [-0.15, -0.1) is 0 Å². The Bertz CT molecular complexity index is 54.2. The Morgan fingerprint density at radius 2 is 1.44 bits per heavy atom. The van der Waals surface area contributed by atoms with E-state index in [0.29, 0.717) is 0 Å². The molecule has 0 saturated carbocycles. The van der Waals surface area contributed by atoms with E-state index >= 15 is 0 Å². The van der Waals surface area contributed by atoms with Crippen LogP contribution in [0.2, 0.25) is 0 Å². The molecule has 9 heavy (non-hydrogen) atoms. The number of hydrogen-bond acceptors (Lipinski definition) is 0. The summed E-state index contributed by atoms with van der Waals surface area (Å²) in [5.41, 5.74) is 0. The first-order valence-corrected chi connectivity index (χ1v) is 1.58. The Labute approximate surface area is 90.3 Å². The van der Waals surface area contributed by atoms with Gasteiger partial charge in [-0.2, -0.15) is 6.08 Å². The van der Waals surface area contributed by atoms with E-state index in [1.54, 1.807) is 6.08 Å². The monoisotopic (exact) mass is 220 g/mol. The molecule has 0 aliphatic heterocycles. The third-order valence-electron chi connectivity index (χ3n) is 0.304. The van der Waals surface area contributed by atoms with Crippen LogP contribution >= 0.6 is 0 Å².